The van der Waals surface area contributed by atoms with E-state index < -0.39 is 0 Å². The van der Waals surface area contributed by atoms with Gasteiger partial charge in [0.15, 0.2) is 5.82 Å². The maximum absolute atomic E-state index is 13.0. The number of amides is 2. The first-order chi connectivity index (χ1) is 15.4. The standard InChI is InChI=1S/C23H27FN6O2/c1-13-22(32)30-9-3-4-18-20(30)21(29(13)2)28-23(27-18)26-17-10-14(11-17)12-19(31)25-16-7-5-15(24)6-8-16/h5-8,13-14,17H,3-4,9-12H2,1-2H3,(H,25,31)(H,26,27,28)/t13-,14?,17?/m0/s1. The highest BCUT2D eigenvalue weighted by Gasteiger charge is 2.39. The quantitative estimate of drug-likeness (QED) is 0.746. The van der Waals surface area contributed by atoms with E-state index in [1.165, 1.54) is 12.1 Å². The second kappa shape index (κ2) is 8.03. The number of rotatable bonds is 5. The summed E-state index contributed by atoms with van der Waals surface area (Å²) in [4.78, 5) is 38.1. The van der Waals surface area contributed by atoms with E-state index in [0.717, 1.165) is 49.4 Å². The first-order valence-electron chi connectivity index (χ1n) is 11.2. The number of carbonyl (C=O) groups excluding carboxylic acids is 2. The molecule has 2 aliphatic heterocycles. The Morgan fingerprint density at radius 3 is 2.72 bits per heavy atom. The van der Waals surface area contributed by atoms with Crippen LogP contribution in [0.2, 0.25) is 0 Å². The highest BCUT2D eigenvalue weighted by Crippen LogP contribution is 2.40. The molecule has 168 valence electrons. The van der Waals surface area contributed by atoms with Crippen molar-refractivity contribution < 1.29 is 14.0 Å². The topological polar surface area (TPSA) is 90.5 Å². The van der Waals surface area contributed by atoms with Gasteiger partial charge in [-0.2, -0.15) is 4.98 Å². The summed E-state index contributed by atoms with van der Waals surface area (Å²) in [6, 6.07) is 5.76. The Labute approximate surface area is 186 Å². The second-order valence-electron chi connectivity index (χ2n) is 8.98. The van der Waals surface area contributed by atoms with Crippen molar-refractivity contribution >= 4 is 35.0 Å². The summed E-state index contributed by atoms with van der Waals surface area (Å²) in [6.07, 6.45) is 3.90. The molecular weight excluding hydrogens is 411 g/mol. The van der Waals surface area contributed by atoms with Gasteiger partial charge in [0, 0.05) is 31.7 Å². The zero-order valence-corrected chi connectivity index (χ0v) is 18.3. The van der Waals surface area contributed by atoms with Crippen molar-refractivity contribution in [2.45, 2.75) is 51.1 Å². The van der Waals surface area contributed by atoms with E-state index in [0.29, 0.717) is 24.0 Å². The van der Waals surface area contributed by atoms with E-state index in [1.807, 2.05) is 23.8 Å². The van der Waals surface area contributed by atoms with Crippen LogP contribution >= 0.6 is 0 Å². The van der Waals surface area contributed by atoms with Gasteiger partial charge in [-0.15, -0.1) is 0 Å². The summed E-state index contributed by atoms with van der Waals surface area (Å²) in [7, 11) is 1.90. The Kier molecular flexibility index (Phi) is 5.19. The zero-order chi connectivity index (χ0) is 22.4. The van der Waals surface area contributed by atoms with Crippen molar-refractivity contribution in [2.24, 2.45) is 5.92 Å². The number of halogens is 1. The van der Waals surface area contributed by atoms with Crippen molar-refractivity contribution in [1.82, 2.24) is 9.97 Å². The van der Waals surface area contributed by atoms with Gasteiger partial charge in [-0.3, -0.25) is 9.59 Å². The summed E-state index contributed by atoms with van der Waals surface area (Å²) in [5.41, 5.74) is 2.38. The zero-order valence-electron chi connectivity index (χ0n) is 18.3. The predicted octanol–water partition coefficient (Wildman–Crippen LogP) is 2.95. The molecule has 0 spiro atoms. The van der Waals surface area contributed by atoms with Crippen LogP contribution in [-0.4, -0.2) is 47.5 Å². The van der Waals surface area contributed by atoms with Gasteiger partial charge in [0.05, 0.1) is 5.69 Å². The predicted molar refractivity (Wildman–Crippen MR) is 120 cm³/mol. The first-order valence-corrected chi connectivity index (χ1v) is 11.2. The Morgan fingerprint density at radius 2 is 1.97 bits per heavy atom. The van der Waals surface area contributed by atoms with Crippen molar-refractivity contribution in [3.05, 3.63) is 35.8 Å². The molecule has 0 saturated heterocycles. The third kappa shape index (κ3) is 3.76. The molecule has 5 rings (SSSR count). The lowest BCUT2D eigenvalue weighted by atomic mass is 9.78. The van der Waals surface area contributed by atoms with Crippen LogP contribution in [0.15, 0.2) is 24.3 Å². The largest absolute Gasteiger partial charge is 0.351 e. The van der Waals surface area contributed by atoms with Crippen LogP contribution in [0.5, 0.6) is 0 Å². The minimum Gasteiger partial charge on any atom is -0.351 e. The third-order valence-corrected chi connectivity index (χ3v) is 6.71. The second-order valence-corrected chi connectivity index (χ2v) is 8.98. The third-order valence-electron chi connectivity index (χ3n) is 6.71. The van der Waals surface area contributed by atoms with E-state index in [9.17, 15) is 14.0 Å². The van der Waals surface area contributed by atoms with E-state index in [1.54, 1.807) is 12.1 Å². The molecule has 32 heavy (non-hydrogen) atoms. The Hall–Kier alpha value is -3.23. The molecule has 2 N–H and O–H groups in total. The molecule has 3 aliphatic rings. The van der Waals surface area contributed by atoms with Crippen molar-refractivity contribution in [1.29, 1.82) is 0 Å². The maximum Gasteiger partial charge on any atom is 0.249 e. The smallest absolute Gasteiger partial charge is 0.249 e. The van der Waals surface area contributed by atoms with Crippen LogP contribution in [-0.2, 0) is 16.0 Å². The van der Waals surface area contributed by atoms with Crippen LogP contribution in [0.25, 0.3) is 0 Å². The minimum absolute atomic E-state index is 0.0603. The number of nitrogens with one attached hydrogen (secondary N) is 2. The fraction of sp³-hybridized carbons (Fsp3) is 0.478. The number of carbonyl (C=O) groups is 2. The highest BCUT2D eigenvalue weighted by atomic mass is 19.1. The monoisotopic (exact) mass is 438 g/mol. The minimum atomic E-state index is -0.325. The van der Waals surface area contributed by atoms with Crippen molar-refractivity contribution in [2.75, 3.05) is 34.0 Å². The van der Waals surface area contributed by atoms with E-state index >= 15 is 0 Å². The summed E-state index contributed by atoms with van der Waals surface area (Å²) in [6.45, 7) is 2.62. The normalized spacial score (nSPS) is 24.0. The molecule has 1 aromatic heterocycles. The number of aromatic nitrogens is 2. The Bertz CT molecular complexity index is 1050. The molecule has 2 aromatic rings. The number of nitrogens with zero attached hydrogens (tertiary/aromatic N) is 4. The van der Waals surface area contributed by atoms with Gasteiger partial charge in [0.1, 0.15) is 17.5 Å². The molecule has 0 radical (unpaired) electrons. The van der Waals surface area contributed by atoms with Gasteiger partial charge < -0.3 is 20.4 Å². The number of hydrogen-bond acceptors (Lipinski definition) is 6. The van der Waals surface area contributed by atoms with E-state index in [-0.39, 0.29) is 29.7 Å². The Balaban J connectivity index is 1.20. The number of hydrogen-bond donors (Lipinski definition) is 2. The fourth-order valence-electron chi connectivity index (χ4n) is 4.77. The van der Waals surface area contributed by atoms with Crippen molar-refractivity contribution in [3.8, 4) is 0 Å². The number of anilines is 4. The molecule has 9 heteroatoms. The van der Waals surface area contributed by atoms with Crippen LogP contribution in [0, 0.1) is 11.7 Å². The van der Waals surface area contributed by atoms with Crippen LogP contribution in [0.4, 0.5) is 27.5 Å². The lowest BCUT2D eigenvalue weighted by Crippen LogP contribution is -2.53. The maximum atomic E-state index is 13.0. The molecule has 1 aromatic carbocycles. The molecule has 8 nitrogen and oxygen atoms in total. The number of likely N-dealkylation sites (N-methyl/N-ethyl adjacent to an activating group) is 1. The molecule has 0 unspecified atom stereocenters. The average molecular weight is 439 g/mol. The molecule has 1 aliphatic carbocycles. The average Bonchev–Trinajstić information content (AvgIpc) is 2.75. The lowest BCUT2D eigenvalue weighted by Gasteiger charge is -2.42. The van der Waals surface area contributed by atoms with Crippen molar-refractivity contribution in [3.63, 3.8) is 0 Å². The van der Waals surface area contributed by atoms with Gasteiger partial charge in [0.2, 0.25) is 17.8 Å². The summed E-state index contributed by atoms with van der Waals surface area (Å²) < 4.78 is 13.0. The van der Waals surface area contributed by atoms with Crippen LogP contribution in [0.3, 0.4) is 0 Å². The highest BCUT2D eigenvalue weighted by molar-refractivity contribution is 6.05. The molecule has 1 saturated carbocycles. The lowest BCUT2D eigenvalue weighted by molar-refractivity contribution is -0.120. The SMILES string of the molecule is C[C@H]1C(=O)N2CCCc3nc(NC4CC(CC(=O)Nc5ccc(F)cc5)C4)nc(c32)N1C. The van der Waals surface area contributed by atoms with E-state index in [4.69, 9.17) is 9.97 Å². The molecule has 3 heterocycles. The van der Waals surface area contributed by atoms with Gasteiger partial charge in [-0.25, -0.2) is 9.37 Å². The van der Waals surface area contributed by atoms with Crippen LogP contribution in [0.1, 0.15) is 38.3 Å². The molecule has 0 bridgehead atoms. The number of aryl methyl sites for hydroxylation is 1. The fourth-order valence-corrected chi connectivity index (χ4v) is 4.77. The van der Waals surface area contributed by atoms with Gasteiger partial charge >= 0.3 is 0 Å². The van der Waals surface area contributed by atoms with Gasteiger partial charge in [-0.1, -0.05) is 0 Å². The molecule has 2 amide bonds. The summed E-state index contributed by atoms with van der Waals surface area (Å²) >= 11 is 0. The molecule has 1 fully saturated rings. The molecule has 1 atom stereocenters. The van der Waals surface area contributed by atoms with E-state index in [2.05, 4.69) is 10.6 Å². The Morgan fingerprint density at radius 1 is 1.22 bits per heavy atom. The summed E-state index contributed by atoms with van der Waals surface area (Å²) in [5.74, 6) is 1.40. The summed E-state index contributed by atoms with van der Waals surface area (Å²) in [5, 5.41) is 6.24. The van der Waals surface area contributed by atoms with Crippen LogP contribution < -0.4 is 20.4 Å². The number of benzene rings is 1. The van der Waals surface area contributed by atoms with Gasteiger partial charge in [0.25, 0.3) is 0 Å². The van der Waals surface area contributed by atoms with Gasteiger partial charge in [-0.05, 0) is 62.8 Å². The molecular formula is C23H27FN6O2. The first kappa shape index (κ1) is 20.7.